The van der Waals surface area contributed by atoms with Crippen LogP contribution in [0.3, 0.4) is 0 Å². The smallest absolute Gasteiger partial charge is 0.338 e. The zero-order valence-corrected chi connectivity index (χ0v) is 12.3. The van der Waals surface area contributed by atoms with Gasteiger partial charge in [-0.05, 0) is 36.2 Å². The van der Waals surface area contributed by atoms with Crippen LogP contribution in [-0.4, -0.2) is 13.1 Å². The molecule has 0 fully saturated rings. The average molecular weight is 282 g/mol. The molecule has 3 nitrogen and oxygen atoms in total. The Labute approximate surface area is 124 Å². The Morgan fingerprint density at radius 1 is 1.10 bits per heavy atom. The van der Waals surface area contributed by atoms with Gasteiger partial charge in [0.15, 0.2) is 0 Å². The molecule has 21 heavy (non-hydrogen) atoms. The van der Waals surface area contributed by atoms with E-state index in [9.17, 15) is 4.79 Å². The summed E-state index contributed by atoms with van der Waals surface area (Å²) in [6.07, 6.45) is 0. The summed E-state index contributed by atoms with van der Waals surface area (Å²) >= 11 is 0. The Hall–Kier alpha value is -2.55. The van der Waals surface area contributed by atoms with Gasteiger partial charge in [0.2, 0.25) is 0 Å². The fraction of sp³-hybridized carbons (Fsp3) is 0.167. The van der Waals surface area contributed by atoms with Crippen molar-refractivity contribution >= 4 is 11.5 Å². The van der Waals surface area contributed by atoms with E-state index in [-0.39, 0.29) is 5.97 Å². The molecule has 2 rings (SSSR count). The van der Waals surface area contributed by atoms with Gasteiger partial charge in [-0.1, -0.05) is 42.5 Å². The minimum Gasteiger partial charge on any atom is -0.489 e. The Kier molecular flexibility index (Phi) is 4.77. The largest absolute Gasteiger partial charge is 0.489 e. The van der Waals surface area contributed by atoms with Gasteiger partial charge >= 0.3 is 5.97 Å². The number of carbonyl (C=O) groups is 1. The van der Waals surface area contributed by atoms with Crippen molar-refractivity contribution in [2.75, 3.05) is 7.11 Å². The highest BCUT2D eigenvalue weighted by molar-refractivity contribution is 5.95. The van der Waals surface area contributed by atoms with Crippen LogP contribution in [0.1, 0.15) is 28.4 Å². The van der Waals surface area contributed by atoms with Crippen molar-refractivity contribution in [1.82, 2.24) is 0 Å². The quantitative estimate of drug-likeness (QED) is 0.775. The number of benzene rings is 2. The maximum absolute atomic E-state index is 11.7. The Balaban J connectivity index is 2.20. The molecule has 0 radical (unpaired) electrons. The predicted octanol–water partition coefficient (Wildman–Crippen LogP) is 4.09. The minimum atomic E-state index is -0.373. The topological polar surface area (TPSA) is 35.5 Å². The highest BCUT2D eigenvalue weighted by Gasteiger charge is 2.13. The lowest BCUT2D eigenvalue weighted by molar-refractivity contribution is 0.0600. The Bertz CT molecular complexity index is 645. The van der Waals surface area contributed by atoms with Crippen LogP contribution in [0.15, 0.2) is 55.1 Å². The lowest BCUT2D eigenvalue weighted by Gasteiger charge is -2.11. The van der Waals surface area contributed by atoms with Crippen LogP contribution in [0.5, 0.6) is 5.75 Å². The number of hydrogen-bond donors (Lipinski definition) is 0. The van der Waals surface area contributed by atoms with E-state index in [0.29, 0.717) is 17.9 Å². The monoisotopic (exact) mass is 282 g/mol. The number of hydrogen-bond acceptors (Lipinski definition) is 3. The highest BCUT2D eigenvalue weighted by atomic mass is 16.5. The number of ether oxygens (including phenoxy) is 2. The first-order chi connectivity index (χ1) is 10.1. The first-order valence-electron chi connectivity index (χ1n) is 6.67. The van der Waals surface area contributed by atoms with Crippen LogP contribution in [-0.2, 0) is 11.3 Å². The first-order valence-corrected chi connectivity index (χ1v) is 6.67. The minimum absolute atomic E-state index is 0.373. The third kappa shape index (κ3) is 3.72. The maximum Gasteiger partial charge on any atom is 0.338 e. The van der Waals surface area contributed by atoms with Crippen molar-refractivity contribution < 1.29 is 14.3 Å². The molecule has 0 saturated carbocycles. The molecule has 0 aliphatic heterocycles. The second kappa shape index (κ2) is 6.75. The summed E-state index contributed by atoms with van der Waals surface area (Å²) in [6.45, 7) is 6.23. The number of esters is 1. The molecule has 0 heterocycles. The summed E-state index contributed by atoms with van der Waals surface area (Å²) in [4.78, 5) is 11.7. The average Bonchev–Trinajstić information content (AvgIpc) is 2.52. The fourth-order valence-electron chi connectivity index (χ4n) is 2.00. The molecule has 2 aromatic carbocycles. The van der Waals surface area contributed by atoms with Crippen molar-refractivity contribution in [3.05, 3.63) is 71.8 Å². The molecule has 0 spiro atoms. The van der Waals surface area contributed by atoms with E-state index < -0.39 is 0 Å². The molecule has 0 aromatic heterocycles. The van der Waals surface area contributed by atoms with Crippen LogP contribution >= 0.6 is 0 Å². The summed E-state index contributed by atoms with van der Waals surface area (Å²) in [5.41, 5.74) is 3.12. The molecule has 0 saturated heterocycles. The summed E-state index contributed by atoms with van der Waals surface area (Å²) in [5, 5.41) is 0. The van der Waals surface area contributed by atoms with Crippen LogP contribution in [0.25, 0.3) is 5.57 Å². The fourth-order valence-corrected chi connectivity index (χ4v) is 2.00. The van der Waals surface area contributed by atoms with Gasteiger partial charge in [-0.15, -0.1) is 0 Å². The van der Waals surface area contributed by atoms with Crippen molar-refractivity contribution in [3.8, 4) is 5.75 Å². The van der Waals surface area contributed by atoms with Gasteiger partial charge in [0, 0.05) is 0 Å². The molecule has 3 heteroatoms. The van der Waals surface area contributed by atoms with Crippen molar-refractivity contribution in [3.63, 3.8) is 0 Å². The maximum atomic E-state index is 11.7. The SMILES string of the molecule is C=C(C)c1cc(OCc2ccccc2)ccc1C(=O)OC. The van der Waals surface area contributed by atoms with E-state index in [1.54, 1.807) is 12.1 Å². The normalized spacial score (nSPS) is 10.0. The van der Waals surface area contributed by atoms with Crippen LogP contribution in [0.4, 0.5) is 0 Å². The van der Waals surface area contributed by atoms with Gasteiger partial charge in [-0.2, -0.15) is 0 Å². The van der Waals surface area contributed by atoms with Crippen molar-refractivity contribution in [2.24, 2.45) is 0 Å². The van der Waals surface area contributed by atoms with E-state index in [2.05, 4.69) is 6.58 Å². The Morgan fingerprint density at radius 2 is 1.81 bits per heavy atom. The zero-order chi connectivity index (χ0) is 15.2. The molecular formula is C18H18O3. The zero-order valence-electron chi connectivity index (χ0n) is 12.3. The summed E-state index contributed by atoms with van der Waals surface area (Å²) in [7, 11) is 1.37. The second-order valence-corrected chi connectivity index (χ2v) is 4.75. The predicted molar refractivity (Wildman–Crippen MR) is 83.3 cm³/mol. The number of methoxy groups -OCH3 is 1. The van der Waals surface area contributed by atoms with E-state index in [4.69, 9.17) is 9.47 Å². The molecule has 0 aliphatic rings. The van der Waals surface area contributed by atoms with E-state index in [1.807, 2.05) is 43.3 Å². The lowest BCUT2D eigenvalue weighted by atomic mass is 10.0. The molecule has 108 valence electrons. The van der Waals surface area contributed by atoms with Gasteiger partial charge in [0.1, 0.15) is 12.4 Å². The lowest BCUT2D eigenvalue weighted by Crippen LogP contribution is -2.05. The van der Waals surface area contributed by atoms with E-state index >= 15 is 0 Å². The Morgan fingerprint density at radius 3 is 2.43 bits per heavy atom. The molecule has 0 atom stereocenters. The van der Waals surface area contributed by atoms with Gasteiger partial charge in [0.05, 0.1) is 12.7 Å². The number of rotatable bonds is 5. The number of allylic oxidation sites excluding steroid dienone is 1. The molecule has 2 aromatic rings. The van der Waals surface area contributed by atoms with Gasteiger partial charge in [-0.3, -0.25) is 0 Å². The summed E-state index contributed by atoms with van der Waals surface area (Å²) < 4.78 is 10.5. The third-order valence-corrected chi connectivity index (χ3v) is 3.10. The van der Waals surface area contributed by atoms with Crippen LogP contribution in [0.2, 0.25) is 0 Å². The van der Waals surface area contributed by atoms with Gasteiger partial charge < -0.3 is 9.47 Å². The number of carbonyl (C=O) groups excluding carboxylic acids is 1. The van der Waals surface area contributed by atoms with Gasteiger partial charge in [0.25, 0.3) is 0 Å². The highest BCUT2D eigenvalue weighted by Crippen LogP contribution is 2.24. The third-order valence-electron chi connectivity index (χ3n) is 3.10. The molecule has 0 unspecified atom stereocenters. The summed E-state index contributed by atoms with van der Waals surface area (Å²) in [5.74, 6) is 0.326. The molecule has 0 N–H and O–H groups in total. The van der Waals surface area contributed by atoms with Crippen molar-refractivity contribution in [1.29, 1.82) is 0 Å². The molecular weight excluding hydrogens is 264 g/mol. The van der Waals surface area contributed by atoms with Crippen LogP contribution in [0, 0.1) is 0 Å². The second-order valence-electron chi connectivity index (χ2n) is 4.75. The van der Waals surface area contributed by atoms with Gasteiger partial charge in [-0.25, -0.2) is 4.79 Å². The molecule has 0 aliphatic carbocycles. The summed E-state index contributed by atoms with van der Waals surface area (Å²) in [6, 6.07) is 15.2. The standard InChI is InChI=1S/C18H18O3/c1-13(2)17-11-15(9-10-16(17)18(19)20-3)21-12-14-7-5-4-6-8-14/h4-11H,1,12H2,2-3H3. The van der Waals surface area contributed by atoms with Crippen LogP contribution < -0.4 is 4.74 Å². The van der Waals surface area contributed by atoms with E-state index in [1.165, 1.54) is 7.11 Å². The first kappa shape index (κ1) is 14.9. The molecule has 0 bridgehead atoms. The van der Waals surface area contributed by atoms with E-state index in [0.717, 1.165) is 16.7 Å². The molecule has 0 amide bonds. The van der Waals surface area contributed by atoms with Crippen molar-refractivity contribution in [2.45, 2.75) is 13.5 Å².